The van der Waals surface area contributed by atoms with Crippen molar-refractivity contribution in [1.29, 1.82) is 0 Å². The normalized spacial score (nSPS) is 10.4. The first-order chi connectivity index (χ1) is 8.52. The quantitative estimate of drug-likeness (QED) is 0.873. The summed E-state index contributed by atoms with van der Waals surface area (Å²) in [6.07, 6.45) is 0. The highest BCUT2D eigenvalue weighted by atomic mass is 16.5. The molecule has 4 heteroatoms. The third kappa shape index (κ3) is 2.09. The summed E-state index contributed by atoms with van der Waals surface area (Å²) in [6.45, 7) is 3.71. The van der Waals surface area contributed by atoms with Gasteiger partial charge in [0.2, 0.25) is 0 Å². The smallest absolute Gasteiger partial charge is 0.337 e. The van der Waals surface area contributed by atoms with Crippen molar-refractivity contribution in [2.75, 3.05) is 7.11 Å². The first kappa shape index (κ1) is 12.2. The molecule has 0 radical (unpaired) electrons. The lowest BCUT2D eigenvalue weighted by Gasteiger charge is -2.06. The Morgan fingerprint density at radius 1 is 1.28 bits per heavy atom. The number of aromatic nitrogens is 1. The summed E-state index contributed by atoms with van der Waals surface area (Å²) in [4.78, 5) is 14.1. The number of carboxylic acid groups (broad SMARTS) is 1. The summed E-state index contributed by atoms with van der Waals surface area (Å²) in [6, 6.07) is 7.40. The van der Waals surface area contributed by atoms with E-state index in [1.54, 1.807) is 20.1 Å². The second-order valence-corrected chi connectivity index (χ2v) is 4.21. The van der Waals surface area contributed by atoms with Crippen LogP contribution >= 0.6 is 0 Å². The van der Waals surface area contributed by atoms with Crippen LogP contribution in [0.3, 0.4) is 0 Å². The predicted octanol–water partition coefficient (Wildman–Crippen LogP) is 3.01. The van der Waals surface area contributed by atoms with Crippen LogP contribution in [-0.2, 0) is 0 Å². The van der Waals surface area contributed by atoms with Gasteiger partial charge < -0.3 is 14.8 Å². The van der Waals surface area contributed by atoms with Gasteiger partial charge in [0.1, 0.15) is 5.75 Å². The van der Waals surface area contributed by atoms with Crippen LogP contribution in [0, 0.1) is 13.8 Å². The van der Waals surface area contributed by atoms with Gasteiger partial charge in [-0.05, 0) is 49.2 Å². The molecule has 0 aliphatic rings. The molecule has 0 saturated carbocycles. The van der Waals surface area contributed by atoms with Gasteiger partial charge in [0.05, 0.1) is 12.7 Å². The molecule has 0 bridgehead atoms. The molecule has 1 heterocycles. The van der Waals surface area contributed by atoms with Crippen molar-refractivity contribution >= 4 is 5.97 Å². The van der Waals surface area contributed by atoms with Gasteiger partial charge in [-0.1, -0.05) is 0 Å². The molecule has 2 rings (SSSR count). The van der Waals surface area contributed by atoms with Crippen molar-refractivity contribution in [3.05, 3.63) is 41.1 Å². The van der Waals surface area contributed by atoms with Gasteiger partial charge in [0.15, 0.2) is 0 Å². The number of rotatable bonds is 3. The predicted molar refractivity (Wildman–Crippen MR) is 69.2 cm³/mol. The maximum absolute atomic E-state index is 11.0. The number of hydrogen-bond donors (Lipinski definition) is 2. The highest BCUT2D eigenvalue weighted by Gasteiger charge is 2.12. The Bertz CT molecular complexity index is 599. The average Bonchev–Trinajstić information content (AvgIpc) is 2.71. The molecule has 0 aliphatic heterocycles. The monoisotopic (exact) mass is 245 g/mol. The highest BCUT2D eigenvalue weighted by Crippen LogP contribution is 2.26. The number of carboxylic acids is 1. The molecule has 2 aromatic rings. The molecule has 1 aromatic carbocycles. The zero-order valence-corrected chi connectivity index (χ0v) is 10.6. The molecular weight excluding hydrogens is 230 g/mol. The van der Waals surface area contributed by atoms with E-state index in [0.29, 0.717) is 11.3 Å². The Morgan fingerprint density at radius 3 is 2.50 bits per heavy atom. The van der Waals surface area contributed by atoms with E-state index in [-0.39, 0.29) is 0 Å². The van der Waals surface area contributed by atoms with E-state index in [9.17, 15) is 4.79 Å². The van der Waals surface area contributed by atoms with E-state index in [0.717, 1.165) is 22.6 Å². The van der Waals surface area contributed by atoms with E-state index in [1.807, 2.05) is 25.1 Å². The lowest BCUT2D eigenvalue weighted by molar-refractivity contribution is 0.0696. The van der Waals surface area contributed by atoms with Crippen LogP contribution in [0.4, 0.5) is 0 Å². The Morgan fingerprint density at radius 2 is 2.00 bits per heavy atom. The summed E-state index contributed by atoms with van der Waals surface area (Å²) in [5, 5.41) is 9.02. The molecule has 0 spiro atoms. The number of carbonyl (C=O) groups is 1. The minimum absolute atomic E-state index is 0.304. The molecule has 4 nitrogen and oxygen atoms in total. The lowest BCUT2D eigenvalue weighted by Crippen LogP contribution is -1.95. The molecule has 0 amide bonds. The van der Waals surface area contributed by atoms with Gasteiger partial charge in [-0.15, -0.1) is 0 Å². The zero-order valence-electron chi connectivity index (χ0n) is 10.6. The summed E-state index contributed by atoms with van der Waals surface area (Å²) in [7, 11) is 1.63. The first-order valence-corrected chi connectivity index (χ1v) is 5.61. The summed E-state index contributed by atoms with van der Waals surface area (Å²) in [5.41, 5.74) is 3.73. The van der Waals surface area contributed by atoms with Crippen LogP contribution in [0.25, 0.3) is 11.3 Å². The molecule has 18 heavy (non-hydrogen) atoms. The van der Waals surface area contributed by atoms with Crippen LogP contribution in [0.1, 0.15) is 21.6 Å². The molecule has 0 fully saturated rings. The number of hydrogen-bond acceptors (Lipinski definition) is 2. The van der Waals surface area contributed by atoms with Gasteiger partial charge in [0, 0.05) is 11.4 Å². The van der Waals surface area contributed by atoms with Crippen LogP contribution in [0.5, 0.6) is 5.75 Å². The van der Waals surface area contributed by atoms with Crippen molar-refractivity contribution in [3.8, 4) is 17.0 Å². The van der Waals surface area contributed by atoms with Gasteiger partial charge in [0.25, 0.3) is 0 Å². The molecule has 94 valence electrons. The lowest BCUT2D eigenvalue weighted by atomic mass is 10.1. The second-order valence-electron chi connectivity index (χ2n) is 4.21. The van der Waals surface area contributed by atoms with Crippen LogP contribution < -0.4 is 4.74 Å². The van der Waals surface area contributed by atoms with E-state index in [4.69, 9.17) is 9.84 Å². The molecule has 2 N–H and O–H groups in total. The molecular formula is C14H15NO3. The number of nitrogens with one attached hydrogen (secondary N) is 1. The minimum Gasteiger partial charge on any atom is -0.496 e. The third-order valence-electron chi connectivity index (χ3n) is 2.95. The Hall–Kier alpha value is -2.23. The van der Waals surface area contributed by atoms with E-state index in [1.165, 1.54) is 0 Å². The Balaban J connectivity index is 2.46. The molecule has 1 aromatic heterocycles. The fourth-order valence-corrected chi connectivity index (χ4v) is 1.98. The Labute approximate surface area is 105 Å². The standard InChI is InChI=1S/C14H15NO3/c1-8-6-10(4-5-13(8)18-3)12-7-11(14(16)17)9(2)15-12/h4-7,15H,1-3H3,(H,16,17). The number of H-pyrrole nitrogens is 1. The van der Waals surface area contributed by atoms with Gasteiger partial charge >= 0.3 is 5.97 Å². The maximum Gasteiger partial charge on any atom is 0.337 e. The van der Waals surface area contributed by atoms with Crippen molar-refractivity contribution < 1.29 is 14.6 Å². The highest BCUT2D eigenvalue weighted by molar-refractivity contribution is 5.91. The third-order valence-corrected chi connectivity index (χ3v) is 2.95. The van der Waals surface area contributed by atoms with Crippen LogP contribution in [0.15, 0.2) is 24.3 Å². The van der Waals surface area contributed by atoms with Crippen molar-refractivity contribution in [3.63, 3.8) is 0 Å². The average molecular weight is 245 g/mol. The molecule has 0 atom stereocenters. The largest absolute Gasteiger partial charge is 0.496 e. The van der Waals surface area contributed by atoms with Gasteiger partial charge in [-0.25, -0.2) is 4.79 Å². The van der Waals surface area contributed by atoms with Crippen molar-refractivity contribution in [1.82, 2.24) is 4.98 Å². The number of aromatic amines is 1. The summed E-state index contributed by atoms with van der Waals surface area (Å²) < 4.78 is 5.20. The Kier molecular flexibility index (Phi) is 3.10. The zero-order chi connectivity index (χ0) is 13.3. The fraction of sp³-hybridized carbons (Fsp3) is 0.214. The van der Waals surface area contributed by atoms with Crippen molar-refractivity contribution in [2.45, 2.75) is 13.8 Å². The number of methoxy groups -OCH3 is 1. The van der Waals surface area contributed by atoms with Gasteiger partial charge in [-0.3, -0.25) is 0 Å². The van der Waals surface area contributed by atoms with Crippen LogP contribution in [0.2, 0.25) is 0 Å². The number of aromatic carboxylic acids is 1. The first-order valence-electron chi connectivity index (χ1n) is 5.61. The number of ether oxygens (including phenoxy) is 1. The SMILES string of the molecule is COc1ccc(-c2cc(C(=O)O)c(C)[nH]2)cc1C. The van der Waals surface area contributed by atoms with Crippen molar-refractivity contribution in [2.24, 2.45) is 0 Å². The minimum atomic E-state index is -0.916. The molecule has 0 aliphatic carbocycles. The number of aryl methyl sites for hydroxylation is 2. The summed E-state index contributed by atoms with van der Waals surface area (Å²) >= 11 is 0. The van der Waals surface area contributed by atoms with Crippen LogP contribution in [-0.4, -0.2) is 23.2 Å². The van der Waals surface area contributed by atoms with E-state index < -0.39 is 5.97 Å². The maximum atomic E-state index is 11.0. The van der Waals surface area contributed by atoms with E-state index in [2.05, 4.69) is 4.98 Å². The topological polar surface area (TPSA) is 62.3 Å². The summed E-state index contributed by atoms with van der Waals surface area (Å²) in [5.74, 6) is -0.0966. The second kappa shape index (κ2) is 4.56. The van der Waals surface area contributed by atoms with Gasteiger partial charge in [-0.2, -0.15) is 0 Å². The van der Waals surface area contributed by atoms with E-state index >= 15 is 0 Å². The molecule has 0 unspecified atom stereocenters. The number of benzene rings is 1. The molecule has 0 saturated heterocycles. The fourth-order valence-electron chi connectivity index (χ4n) is 1.98.